The first-order valence-corrected chi connectivity index (χ1v) is 8.20. The van der Waals surface area contributed by atoms with Gasteiger partial charge in [-0.25, -0.2) is 0 Å². The van der Waals surface area contributed by atoms with E-state index in [-0.39, 0.29) is 11.6 Å². The first-order chi connectivity index (χ1) is 10.2. The zero-order valence-corrected chi connectivity index (χ0v) is 12.7. The van der Waals surface area contributed by atoms with Gasteiger partial charge in [-0.15, -0.1) is 11.3 Å². The highest BCUT2D eigenvalue weighted by Gasteiger charge is 2.17. The largest absolute Gasteiger partial charge is 0.494 e. The van der Waals surface area contributed by atoms with Crippen molar-refractivity contribution in [3.8, 4) is 5.88 Å². The summed E-state index contributed by atoms with van der Waals surface area (Å²) in [7, 11) is 0. The molecule has 0 spiro atoms. The van der Waals surface area contributed by atoms with E-state index in [2.05, 4.69) is 0 Å². The fourth-order valence-corrected chi connectivity index (χ4v) is 3.84. The number of benzene rings is 1. The Labute approximate surface area is 129 Å². The molecule has 3 aromatic rings. The van der Waals surface area contributed by atoms with Gasteiger partial charge in [-0.1, -0.05) is 36.0 Å². The molecule has 2 aromatic heterocycles. The lowest BCUT2D eigenvalue weighted by Gasteiger charge is -2.08. The number of carboxylic acid groups (broad SMARTS) is 1. The molecule has 0 amide bonds. The maximum Gasteiger partial charge on any atom is 0.313 e. The molecule has 0 atom stereocenters. The van der Waals surface area contributed by atoms with E-state index >= 15 is 0 Å². The van der Waals surface area contributed by atoms with Crippen LogP contribution in [0.5, 0.6) is 5.88 Å². The molecule has 1 aromatic carbocycles. The van der Waals surface area contributed by atoms with Crippen molar-refractivity contribution in [2.75, 3.05) is 5.75 Å². The predicted molar refractivity (Wildman–Crippen MR) is 85.4 cm³/mol. The lowest BCUT2D eigenvalue weighted by Crippen LogP contribution is -2.02. The number of thiophene rings is 1. The van der Waals surface area contributed by atoms with E-state index in [1.165, 1.54) is 11.8 Å². The number of aromatic nitrogens is 1. The number of aromatic hydroxyl groups is 1. The predicted octanol–water partition coefficient (Wildman–Crippen LogP) is 3.63. The molecular formula is C15H13NO3S2. The van der Waals surface area contributed by atoms with Crippen LogP contribution in [0.3, 0.4) is 0 Å². The molecule has 4 nitrogen and oxygen atoms in total. The molecule has 2 N–H and O–H groups in total. The van der Waals surface area contributed by atoms with Crippen LogP contribution in [0.2, 0.25) is 0 Å². The molecule has 108 valence electrons. The van der Waals surface area contributed by atoms with Crippen LogP contribution < -0.4 is 0 Å². The lowest BCUT2D eigenvalue weighted by atomic mass is 10.2. The fourth-order valence-electron chi connectivity index (χ4n) is 2.24. The Kier molecular flexibility index (Phi) is 3.90. The minimum Gasteiger partial charge on any atom is -0.494 e. The highest BCUT2D eigenvalue weighted by atomic mass is 32.2. The number of hydrogen-bond donors (Lipinski definition) is 2. The molecule has 21 heavy (non-hydrogen) atoms. The summed E-state index contributed by atoms with van der Waals surface area (Å²) in [6, 6.07) is 11.5. The van der Waals surface area contributed by atoms with Crippen molar-refractivity contribution < 1.29 is 15.0 Å². The Morgan fingerprint density at radius 2 is 1.95 bits per heavy atom. The van der Waals surface area contributed by atoms with Gasteiger partial charge in [-0.05, 0) is 17.5 Å². The van der Waals surface area contributed by atoms with Gasteiger partial charge >= 0.3 is 5.97 Å². The molecule has 6 heteroatoms. The summed E-state index contributed by atoms with van der Waals surface area (Å²) in [5.41, 5.74) is 0. The second-order valence-electron chi connectivity index (χ2n) is 4.52. The third-order valence-corrected chi connectivity index (χ3v) is 5.09. The van der Waals surface area contributed by atoms with E-state index in [1.54, 1.807) is 15.9 Å². The Morgan fingerprint density at radius 3 is 2.62 bits per heavy atom. The zero-order valence-electron chi connectivity index (χ0n) is 11.0. The Hall–Kier alpha value is -1.92. The van der Waals surface area contributed by atoms with E-state index in [0.29, 0.717) is 6.54 Å². The lowest BCUT2D eigenvalue weighted by molar-refractivity contribution is -0.133. The van der Waals surface area contributed by atoms with Crippen molar-refractivity contribution in [3.05, 3.63) is 46.7 Å². The van der Waals surface area contributed by atoms with Gasteiger partial charge < -0.3 is 14.8 Å². The van der Waals surface area contributed by atoms with E-state index in [1.807, 2.05) is 41.8 Å². The van der Waals surface area contributed by atoms with Crippen LogP contribution in [0.4, 0.5) is 0 Å². The Morgan fingerprint density at radius 1 is 1.19 bits per heavy atom. The monoisotopic (exact) mass is 319 g/mol. The van der Waals surface area contributed by atoms with Crippen molar-refractivity contribution in [1.29, 1.82) is 0 Å². The average Bonchev–Trinajstić information content (AvgIpc) is 3.06. The SMILES string of the molecule is O=C(O)CSc1c2ccccc2c(O)n1Cc1cccs1. The minimum atomic E-state index is -0.868. The highest BCUT2D eigenvalue weighted by molar-refractivity contribution is 8.00. The smallest absolute Gasteiger partial charge is 0.313 e. The summed E-state index contributed by atoms with van der Waals surface area (Å²) in [4.78, 5) is 12.0. The van der Waals surface area contributed by atoms with Gasteiger partial charge in [0.1, 0.15) is 0 Å². The first-order valence-electron chi connectivity index (χ1n) is 6.34. The summed E-state index contributed by atoms with van der Waals surface area (Å²) in [5, 5.41) is 23.8. The third-order valence-electron chi connectivity index (χ3n) is 3.13. The van der Waals surface area contributed by atoms with Crippen LogP contribution in [0.15, 0.2) is 46.8 Å². The first kappa shape index (κ1) is 14.0. The third kappa shape index (κ3) is 2.77. The van der Waals surface area contributed by atoms with Crippen molar-refractivity contribution in [1.82, 2.24) is 4.57 Å². The standard InChI is InChI=1S/C15H13NO3S2/c17-13(18)9-21-15-12-6-2-1-5-11(12)14(19)16(15)8-10-4-3-7-20-10/h1-7,19H,8-9H2,(H,17,18). The number of nitrogens with zero attached hydrogens (tertiary/aromatic N) is 1. The van der Waals surface area contributed by atoms with Gasteiger partial charge in [0.2, 0.25) is 0 Å². The number of carboxylic acids is 1. The maximum atomic E-state index is 10.9. The normalized spacial score (nSPS) is 11.0. The number of aliphatic carboxylic acids is 1. The quantitative estimate of drug-likeness (QED) is 0.705. The minimum absolute atomic E-state index is 0.0299. The molecule has 0 bridgehead atoms. The summed E-state index contributed by atoms with van der Waals surface area (Å²) in [6.45, 7) is 0.542. The van der Waals surface area contributed by atoms with Gasteiger partial charge in [0, 0.05) is 15.6 Å². The Balaban J connectivity index is 2.09. The van der Waals surface area contributed by atoms with Crippen molar-refractivity contribution in [3.63, 3.8) is 0 Å². The number of fused-ring (bicyclic) bond motifs is 1. The molecule has 0 saturated carbocycles. The van der Waals surface area contributed by atoms with Crippen molar-refractivity contribution >= 4 is 39.8 Å². The van der Waals surface area contributed by atoms with Gasteiger partial charge in [0.25, 0.3) is 0 Å². The zero-order chi connectivity index (χ0) is 14.8. The second-order valence-corrected chi connectivity index (χ2v) is 6.52. The second kappa shape index (κ2) is 5.83. The molecule has 2 heterocycles. The maximum absolute atomic E-state index is 10.9. The summed E-state index contributed by atoms with van der Waals surface area (Å²) < 4.78 is 1.78. The molecule has 0 saturated heterocycles. The fraction of sp³-hybridized carbons (Fsp3) is 0.133. The molecule has 0 aliphatic heterocycles. The van der Waals surface area contributed by atoms with Gasteiger partial charge in [0.15, 0.2) is 5.88 Å². The van der Waals surface area contributed by atoms with E-state index in [9.17, 15) is 9.90 Å². The molecule has 0 fully saturated rings. The van der Waals surface area contributed by atoms with Crippen LogP contribution in [-0.2, 0) is 11.3 Å². The van der Waals surface area contributed by atoms with E-state index in [4.69, 9.17) is 5.11 Å². The Bertz CT molecular complexity index is 778. The number of thioether (sulfide) groups is 1. The van der Waals surface area contributed by atoms with Crippen LogP contribution in [0.25, 0.3) is 10.8 Å². The molecule has 0 aliphatic rings. The highest BCUT2D eigenvalue weighted by Crippen LogP contribution is 2.38. The van der Waals surface area contributed by atoms with Gasteiger partial charge in [0.05, 0.1) is 17.3 Å². The number of carbonyl (C=O) groups is 1. The van der Waals surface area contributed by atoms with Crippen LogP contribution >= 0.6 is 23.1 Å². The number of rotatable bonds is 5. The molecule has 0 aliphatic carbocycles. The van der Waals surface area contributed by atoms with Crippen LogP contribution in [0.1, 0.15) is 4.88 Å². The molecular weight excluding hydrogens is 306 g/mol. The van der Waals surface area contributed by atoms with Crippen LogP contribution in [-0.4, -0.2) is 26.5 Å². The average molecular weight is 319 g/mol. The van der Waals surface area contributed by atoms with E-state index in [0.717, 1.165) is 20.7 Å². The topological polar surface area (TPSA) is 62.5 Å². The van der Waals surface area contributed by atoms with Crippen molar-refractivity contribution in [2.45, 2.75) is 11.6 Å². The van der Waals surface area contributed by atoms with Crippen molar-refractivity contribution in [2.24, 2.45) is 0 Å². The molecule has 0 radical (unpaired) electrons. The molecule has 3 rings (SSSR count). The number of hydrogen-bond acceptors (Lipinski definition) is 4. The van der Waals surface area contributed by atoms with Gasteiger partial charge in [-0.3, -0.25) is 4.79 Å². The van der Waals surface area contributed by atoms with Crippen LogP contribution in [0, 0.1) is 0 Å². The summed E-state index contributed by atoms with van der Waals surface area (Å²) in [6.07, 6.45) is 0. The molecule has 0 unspecified atom stereocenters. The van der Waals surface area contributed by atoms with Gasteiger partial charge in [-0.2, -0.15) is 0 Å². The van der Waals surface area contributed by atoms with E-state index < -0.39 is 5.97 Å². The summed E-state index contributed by atoms with van der Waals surface area (Å²) in [5.74, 6) is -0.711. The summed E-state index contributed by atoms with van der Waals surface area (Å²) >= 11 is 2.85.